The number of amides is 1. The van der Waals surface area contributed by atoms with E-state index in [1.54, 1.807) is 6.20 Å². The lowest BCUT2D eigenvalue weighted by atomic mass is 9.86. The molecule has 1 N–H and O–H groups in total. The van der Waals surface area contributed by atoms with Gasteiger partial charge >= 0.3 is 12.1 Å². The maximum Gasteiger partial charge on any atom is 0.433 e. The number of aliphatic carboxylic acids is 1. The average Bonchev–Trinajstić information content (AvgIpc) is 3.20. The molecule has 2 aliphatic carbocycles. The number of carboxylic acid groups (broad SMARTS) is 1. The zero-order valence-electron chi connectivity index (χ0n) is 21.2. The first-order valence-electron chi connectivity index (χ1n) is 12.6. The molecule has 0 aromatic carbocycles. The maximum absolute atomic E-state index is 14.3. The van der Waals surface area contributed by atoms with Crippen LogP contribution in [0.3, 0.4) is 0 Å². The molecule has 7 nitrogen and oxygen atoms in total. The largest absolute Gasteiger partial charge is 0.481 e. The Hall–Kier alpha value is -2.62. The second-order valence-electron chi connectivity index (χ2n) is 11.0. The van der Waals surface area contributed by atoms with Gasteiger partial charge in [0.1, 0.15) is 0 Å². The predicted octanol–water partition coefficient (Wildman–Crippen LogP) is 5.81. The van der Waals surface area contributed by atoms with Crippen molar-refractivity contribution < 1.29 is 27.9 Å². The van der Waals surface area contributed by atoms with E-state index >= 15 is 0 Å². The Bertz CT molecular complexity index is 1150. The van der Waals surface area contributed by atoms with Gasteiger partial charge in [-0.15, -0.1) is 0 Å². The van der Waals surface area contributed by atoms with Gasteiger partial charge in [0.25, 0.3) is 5.91 Å². The minimum atomic E-state index is -4.79. The van der Waals surface area contributed by atoms with Crippen LogP contribution in [0.2, 0.25) is 5.02 Å². The number of pyridine rings is 1. The van der Waals surface area contributed by atoms with Gasteiger partial charge in [-0.1, -0.05) is 25.4 Å². The second kappa shape index (κ2) is 10.3. The highest BCUT2D eigenvalue weighted by atomic mass is 35.5. The highest BCUT2D eigenvalue weighted by Crippen LogP contribution is 2.52. The molecule has 37 heavy (non-hydrogen) atoms. The van der Waals surface area contributed by atoms with E-state index in [-0.39, 0.29) is 43.6 Å². The summed E-state index contributed by atoms with van der Waals surface area (Å²) in [6.07, 6.45) is 1.76. The van der Waals surface area contributed by atoms with Crippen LogP contribution >= 0.6 is 11.6 Å². The van der Waals surface area contributed by atoms with Crippen LogP contribution in [0.1, 0.15) is 79.2 Å². The fourth-order valence-electron chi connectivity index (χ4n) is 5.37. The van der Waals surface area contributed by atoms with Gasteiger partial charge in [-0.2, -0.15) is 18.3 Å². The minimum Gasteiger partial charge on any atom is -0.481 e. The average molecular weight is 541 g/mol. The van der Waals surface area contributed by atoms with Crippen molar-refractivity contribution in [3.63, 3.8) is 0 Å². The third-order valence-corrected chi connectivity index (χ3v) is 8.31. The molecule has 2 heterocycles. The number of carboxylic acids is 1. The highest BCUT2D eigenvalue weighted by Gasteiger charge is 2.48. The van der Waals surface area contributed by atoms with E-state index in [9.17, 15) is 27.9 Å². The standard InChI is InChI=1S/C26H32ClF3N4O3/c1-15-11-31-13-21(27)19(15)8-9-33(14-17-10-25(17,2)3)23(35)20-12-32-34(22(20)26(28,29)30)18-6-4-16(5-7-18)24(36)37/h11-13,16-18H,4-10,14H2,1-3H3,(H,36,37)/t16-,17-,18-/m0/s1. The van der Waals surface area contributed by atoms with Gasteiger partial charge in [0, 0.05) is 25.5 Å². The minimum absolute atomic E-state index is 0.0303. The molecule has 2 saturated carbocycles. The number of hydrogen-bond acceptors (Lipinski definition) is 4. The number of carbonyl (C=O) groups excluding carboxylic acids is 1. The van der Waals surface area contributed by atoms with E-state index in [4.69, 9.17) is 11.6 Å². The van der Waals surface area contributed by atoms with Gasteiger partial charge in [0.15, 0.2) is 5.69 Å². The second-order valence-corrected chi connectivity index (χ2v) is 11.4. The van der Waals surface area contributed by atoms with Crippen molar-refractivity contribution in [2.45, 2.75) is 71.5 Å². The van der Waals surface area contributed by atoms with Gasteiger partial charge in [-0.05, 0) is 67.9 Å². The molecule has 0 unspecified atom stereocenters. The number of halogens is 4. The van der Waals surface area contributed by atoms with Crippen LogP contribution in [0, 0.1) is 24.2 Å². The highest BCUT2D eigenvalue weighted by molar-refractivity contribution is 6.31. The molecule has 202 valence electrons. The van der Waals surface area contributed by atoms with Crippen molar-refractivity contribution in [3.8, 4) is 0 Å². The molecular formula is C26H32ClF3N4O3. The molecule has 2 aromatic rings. The monoisotopic (exact) mass is 540 g/mol. The van der Waals surface area contributed by atoms with Gasteiger partial charge in [0.05, 0.1) is 28.7 Å². The lowest BCUT2D eigenvalue weighted by Crippen LogP contribution is -2.37. The van der Waals surface area contributed by atoms with Crippen molar-refractivity contribution >= 4 is 23.5 Å². The number of carbonyl (C=O) groups is 2. The summed E-state index contributed by atoms with van der Waals surface area (Å²) < 4.78 is 43.9. The smallest absolute Gasteiger partial charge is 0.433 e. The van der Waals surface area contributed by atoms with E-state index in [1.165, 1.54) is 11.1 Å². The number of nitrogens with zero attached hydrogens (tertiary/aromatic N) is 4. The number of rotatable bonds is 8. The van der Waals surface area contributed by atoms with Crippen molar-refractivity contribution in [1.82, 2.24) is 19.7 Å². The van der Waals surface area contributed by atoms with Crippen LogP contribution < -0.4 is 0 Å². The van der Waals surface area contributed by atoms with Gasteiger partial charge < -0.3 is 10.0 Å². The summed E-state index contributed by atoms with van der Waals surface area (Å²) in [5.74, 6) is -2.01. The number of aryl methyl sites for hydroxylation is 1. The Morgan fingerprint density at radius 2 is 1.84 bits per heavy atom. The zero-order valence-corrected chi connectivity index (χ0v) is 21.9. The van der Waals surface area contributed by atoms with Crippen molar-refractivity contribution in [2.24, 2.45) is 17.3 Å². The van der Waals surface area contributed by atoms with Crippen LogP contribution in [0.4, 0.5) is 13.2 Å². The molecule has 4 rings (SSSR count). The van der Waals surface area contributed by atoms with Crippen LogP contribution in [0.5, 0.6) is 0 Å². The zero-order chi connectivity index (χ0) is 27.1. The molecule has 2 fully saturated rings. The molecule has 1 atom stereocenters. The molecular weight excluding hydrogens is 509 g/mol. The number of aromatic nitrogens is 3. The predicted molar refractivity (Wildman–Crippen MR) is 131 cm³/mol. The van der Waals surface area contributed by atoms with E-state index in [2.05, 4.69) is 23.9 Å². The van der Waals surface area contributed by atoms with Gasteiger partial charge in [-0.25, -0.2) is 0 Å². The lowest BCUT2D eigenvalue weighted by Gasteiger charge is -2.28. The van der Waals surface area contributed by atoms with Crippen molar-refractivity contribution in [1.29, 1.82) is 0 Å². The van der Waals surface area contributed by atoms with Crippen molar-refractivity contribution in [3.05, 3.63) is 46.0 Å². The first-order valence-corrected chi connectivity index (χ1v) is 12.9. The molecule has 2 aliphatic rings. The molecule has 0 saturated heterocycles. The fraction of sp³-hybridized carbons (Fsp3) is 0.615. The molecule has 11 heteroatoms. The number of alkyl halides is 3. The third-order valence-electron chi connectivity index (χ3n) is 7.98. The Balaban J connectivity index is 1.61. The van der Waals surface area contributed by atoms with Gasteiger partial charge in [-0.3, -0.25) is 19.3 Å². The summed E-state index contributed by atoms with van der Waals surface area (Å²) >= 11 is 6.31. The first-order chi connectivity index (χ1) is 17.3. The molecule has 2 aromatic heterocycles. The van der Waals surface area contributed by atoms with E-state index in [0.29, 0.717) is 18.0 Å². The van der Waals surface area contributed by atoms with Crippen molar-refractivity contribution in [2.75, 3.05) is 13.1 Å². The van der Waals surface area contributed by atoms with Crippen LogP contribution in [-0.4, -0.2) is 49.7 Å². The summed E-state index contributed by atoms with van der Waals surface area (Å²) in [7, 11) is 0. The van der Waals surface area contributed by atoms with E-state index in [0.717, 1.165) is 28.4 Å². The molecule has 0 radical (unpaired) electrons. The summed E-state index contributed by atoms with van der Waals surface area (Å²) in [6.45, 7) is 6.57. The normalized spacial score (nSPS) is 23.1. The maximum atomic E-state index is 14.3. The van der Waals surface area contributed by atoms with Crippen LogP contribution in [-0.2, 0) is 17.4 Å². The lowest BCUT2D eigenvalue weighted by molar-refractivity contribution is -0.147. The van der Waals surface area contributed by atoms with E-state index < -0.39 is 41.3 Å². The summed E-state index contributed by atoms with van der Waals surface area (Å²) in [6, 6.07) is -0.608. The summed E-state index contributed by atoms with van der Waals surface area (Å²) in [4.78, 5) is 30.5. The van der Waals surface area contributed by atoms with Crippen LogP contribution in [0.25, 0.3) is 0 Å². The first kappa shape index (κ1) is 27.4. The van der Waals surface area contributed by atoms with E-state index in [1.807, 2.05) is 6.92 Å². The molecule has 1 amide bonds. The summed E-state index contributed by atoms with van der Waals surface area (Å²) in [5, 5.41) is 13.7. The quantitative estimate of drug-likeness (QED) is 0.457. The molecule has 0 bridgehead atoms. The Morgan fingerprint density at radius 1 is 1.19 bits per heavy atom. The van der Waals surface area contributed by atoms with Crippen LogP contribution in [0.15, 0.2) is 18.6 Å². The Kier molecular flexibility index (Phi) is 7.61. The summed E-state index contributed by atoms with van der Waals surface area (Å²) in [5.41, 5.74) is 0.167. The Labute approximate surface area is 219 Å². The van der Waals surface area contributed by atoms with Gasteiger partial charge in [0.2, 0.25) is 0 Å². The molecule has 0 spiro atoms. The topological polar surface area (TPSA) is 88.3 Å². The number of hydrogen-bond donors (Lipinski definition) is 1. The Morgan fingerprint density at radius 3 is 2.38 bits per heavy atom. The molecule has 0 aliphatic heterocycles. The fourth-order valence-corrected chi connectivity index (χ4v) is 5.67. The SMILES string of the molecule is Cc1cncc(Cl)c1CCN(C[C@@H]1CC1(C)C)C(=O)c1cnn([C@H]2CC[C@H](C(=O)O)CC2)c1C(F)(F)F. The third kappa shape index (κ3) is 5.94.